The van der Waals surface area contributed by atoms with E-state index in [4.69, 9.17) is 0 Å². The molecule has 0 bridgehead atoms. The highest BCUT2D eigenvalue weighted by Crippen LogP contribution is 2.24. The molecule has 0 aliphatic carbocycles. The Kier molecular flexibility index (Phi) is 5.50. The molecule has 0 aliphatic heterocycles. The largest absolute Gasteiger partial charge is 0.293 e. The summed E-state index contributed by atoms with van der Waals surface area (Å²) in [7, 11) is 0. The van der Waals surface area contributed by atoms with Crippen molar-refractivity contribution in [3.8, 4) is 5.69 Å². The number of aromatic nitrogens is 2. The second-order valence-corrected chi connectivity index (χ2v) is 7.98. The number of hydrogen-bond acceptors (Lipinski definition) is 4. The lowest BCUT2D eigenvalue weighted by Crippen LogP contribution is -2.23. The Balaban J connectivity index is 1.81. The van der Waals surface area contributed by atoms with Gasteiger partial charge in [0.05, 0.1) is 27.9 Å². The summed E-state index contributed by atoms with van der Waals surface area (Å²) < 4.78 is 15.5. The van der Waals surface area contributed by atoms with E-state index in [1.807, 2.05) is 38.1 Å². The summed E-state index contributed by atoms with van der Waals surface area (Å²) in [6.45, 7) is 3.92. The van der Waals surface area contributed by atoms with E-state index in [1.54, 1.807) is 30.3 Å². The number of carbonyl (C=O) groups is 1. The van der Waals surface area contributed by atoms with Crippen LogP contribution in [-0.4, -0.2) is 21.1 Å². The summed E-state index contributed by atoms with van der Waals surface area (Å²) in [6.07, 6.45) is 0. The van der Waals surface area contributed by atoms with Gasteiger partial charge in [-0.15, -0.1) is 0 Å². The van der Waals surface area contributed by atoms with Crippen LogP contribution in [0.15, 0.2) is 76.7 Å². The third-order valence-electron chi connectivity index (χ3n) is 4.84. The number of aryl methyl sites for hydroxylation is 2. The molecule has 0 fully saturated rings. The van der Waals surface area contributed by atoms with Crippen LogP contribution in [-0.2, 0) is 0 Å². The average molecular weight is 418 g/mol. The van der Waals surface area contributed by atoms with E-state index in [2.05, 4.69) is 4.98 Å². The van der Waals surface area contributed by atoms with E-state index in [-0.39, 0.29) is 22.7 Å². The smallest absolute Gasteiger partial charge is 0.266 e. The Hall–Kier alpha value is -3.25. The van der Waals surface area contributed by atoms with Crippen LogP contribution in [0.2, 0.25) is 0 Å². The number of thioether (sulfide) groups is 1. The number of benzene rings is 3. The van der Waals surface area contributed by atoms with Crippen molar-refractivity contribution in [1.29, 1.82) is 0 Å². The van der Waals surface area contributed by atoms with Crippen molar-refractivity contribution in [2.45, 2.75) is 19.0 Å². The Labute approximate surface area is 177 Å². The minimum absolute atomic E-state index is 0.0311. The van der Waals surface area contributed by atoms with Crippen LogP contribution in [0, 0.1) is 19.7 Å². The molecule has 1 aromatic heterocycles. The summed E-state index contributed by atoms with van der Waals surface area (Å²) in [4.78, 5) is 30.5. The van der Waals surface area contributed by atoms with Crippen molar-refractivity contribution >= 4 is 28.4 Å². The fourth-order valence-corrected chi connectivity index (χ4v) is 4.26. The van der Waals surface area contributed by atoms with Crippen molar-refractivity contribution in [1.82, 2.24) is 9.55 Å². The first-order valence-electron chi connectivity index (χ1n) is 9.45. The van der Waals surface area contributed by atoms with Crippen molar-refractivity contribution < 1.29 is 9.18 Å². The molecule has 1 heterocycles. The first-order chi connectivity index (χ1) is 14.5. The predicted octanol–water partition coefficient (Wildman–Crippen LogP) is 5.12. The number of rotatable bonds is 5. The number of para-hydroxylation sites is 1. The van der Waals surface area contributed by atoms with Gasteiger partial charge in [0.15, 0.2) is 10.9 Å². The fourth-order valence-electron chi connectivity index (χ4n) is 3.37. The van der Waals surface area contributed by atoms with Crippen LogP contribution in [0.25, 0.3) is 16.6 Å². The third-order valence-corrected chi connectivity index (χ3v) is 5.78. The van der Waals surface area contributed by atoms with E-state index in [9.17, 15) is 14.0 Å². The van der Waals surface area contributed by atoms with Crippen LogP contribution in [0.3, 0.4) is 0 Å². The van der Waals surface area contributed by atoms with Crippen LogP contribution < -0.4 is 5.56 Å². The summed E-state index contributed by atoms with van der Waals surface area (Å²) in [6, 6.07) is 18.8. The molecule has 30 heavy (non-hydrogen) atoms. The minimum Gasteiger partial charge on any atom is -0.293 e. The van der Waals surface area contributed by atoms with Crippen LogP contribution in [0.1, 0.15) is 21.5 Å². The zero-order valence-electron chi connectivity index (χ0n) is 16.6. The zero-order chi connectivity index (χ0) is 21.3. The molecular formula is C24H19FN2O2S. The van der Waals surface area contributed by atoms with Gasteiger partial charge < -0.3 is 0 Å². The maximum Gasteiger partial charge on any atom is 0.266 e. The highest BCUT2D eigenvalue weighted by atomic mass is 32.2. The molecule has 150 valence electrons. The SMILES string of the molecule is Cc1ccc(-n2c(SCC(=O)c3ccccc3F)nc3ccccc3c2=O)c(C)c1. The standard InChI is InChI=1S/C24H19FN2O2S/c1-15-11-12-21(16(2)13-15)27-23(29)18-8-4-6-10-20(18)26-24(27)30-14-22(28)17-7-3-5-9-19(17)25/h3-13H,14H2,1-2H3. The van der Waals surface area contributed by atoms with Crippen molar-refractivity contribution in [3.05, 3.63) is 99.6 Å². The molecule has 0 atom stereocenters. The molecule has 0 radical (unpaired) electrons. The molecule has 0 saturated heterocycles. The van der Waals surface area contributed by atoms with Gasteiger partial charge in [-0.2, -0.15) is 0 Å². The van der Waals surface area contributed by atoms with Gasteiger partial charge in [-0.25, -0.2) is 9.37 Å². The number of carbonyl (C=O) groups excluding carboxylic acids is 1. The van der Waals surface area contributed by atoms with E-state index >= 15 is 0 Å². The van der Waals surface area contributed by atoms with Gasteiger partial charge in [-0.05, 0) is 49.7 Å². The highest BCUT2D eigenvalue weighted by molar-refractivity contribution is 7.99. The van der Waals surface area contributed by atoms with Crippen molar-refractivity contribution in [2.75, 3.05) is 5.75 Å². The molecule has 0 amide bonds. The number of fused-ring (bicyclic) bond motifs is 1. The number of halogens is 1. The molecule has 4 nitrogen and oxygen atoms in total. The summed E-state index contributed by atoms with van der Waals surface area (Å²) >= 11 is 1.13. The first kappa shape index (κ1) is 20.0. The van der Waals surface area contributed by atoms with Crippen molar-refractivity contribution in [3.63, 3.8) is 0 Å². The van der Waals surface area contributed by atoms with Crippen molar-refractivity contribution in [2.24, 2.45) is 0 Å². The summed E-state index contributed by atoms with van der Waals surface area (Å²) in [5.41, 5.74) is 3.12. The molecule has 0 N–H and O–H groups in total. The second-order valence-electron chi connectivity index (χ2n) is 7.03. The van der Waals surface area contributed by atoms with Gasteiger partial charge in [0, 0.05) is 0 Å². The predicted molar refractivity (Wildman–Crippen MR) is 118 cm³/mol. The third kappa shape index (κ3) is 3.78. The van der Waals surface area contributed by atoms with E-state index in [0.717, 1.165) is 22.9 Å². The summed E-state index contributed by atoms with van der Waals surface area (Å²) in [5.74, 6) is -0.939. The lowest BCUT2D eigenvalue weighted by molar-refractivity contribution is 0.101. The van der Waals surface area contributed by atoms with Gasteiger partial charge in [0.1, 0.15) is 5.82 Å². The topological polar surface area (TPSA) is 52.0 Å². The molecular weight excluding hydrogens is 399 g/mol. The number of nitrogens with zero attached hydrogens (tertiary/aromatic N) is 2. The number of ketones is 1. The van der Waals surface area contributed by atoms with Gasteiger partial charge in [-0.1, -0.05) is 53.7 Å². The Morgan fingerprint density at radius 3 is 2.53 bits per heavy atom. The molecule has 0 unspecified atom stereocenters. The second kappa shape index (κ2) is 8.24. The zero-order valence-corrected chi connectivity index (χ0v) is 17.4. The Morgan fingerprint density at radius 1 is 1.03 bits per heavy atom. The minimum atomic E-state index is -0.554. The number of hydrogen-bond donors (Lipinski definition) is 0. The van der Waals surface area contributed by atoms with Crippen LogP contribution in [0.4, 0.5) is 4.39 Å². The maximum atomic E-state index is 14.0. The Morgan fingerprint density at radius 2 is 1.77 bits per heavy atom. The van der Waals surface area contributed by atoms with Crippen LogP contribution in [0.5, 0.6) is 0 Å². The molecule has 3 aromatic carbocycles. The monoisotopic (exact) mass is 418 g/mol. The average Bonchev–Trinajstić information content (AvgIpc) is 2.73. The summed E-state index contributed by atoms with van der Waals surface area (Å²) in [5, 5.41) is 0.901. The molecule has 6 heteroatoms. The van der Waals surface area contributed by atoms with Gasteiger partial charge >= 0.3 is 0 Å². The highest BCUT2D eigenvalue weighted by Gasteiger charge is 2.18. The molecule has 0 aliphatic rings. The Bertz CT molecular complexity index is 1330. The van der Waals surface area contributed by atoms with Gasteiger partial charge in [0.25, 0.3) is 5.56 Å². The molecule has 0 spiro atoms. The maximum absolute atomic E-state index is 14.0. The first-order valence-corrected chi connectivity index (χ1v) is 10.4. The van der Waals surface area contributed by atoms with Gasteiger partial charge in [-0.3, -0.25) is 14.2 Å². The fraction of sp³-hybridized carbons (Fsp3) is 0.125. The van der Waals surface area contributed by atoms with E-state index in [0.29, 0.717) is 21.7 Å². The molecule has 4 aromatic rings. The lowest BCUT2D eigenvalue weighted by Gasteiger charge is -2.15. The van der Waals surface area contributed by atoms with E-state index in [1.165, 1.54) is 16.7 Å². The van der Waals surface area contributed by atoms with E-state index < -0.39 is 5.82 Å². The van der Waals surface area contributed by atoms with Crippen LogP contribution >= 0.6 is 11.8 Å². The lowest BCUT2D eigenvalue weighted by atomic mass is 10.1. The van der Waals surface area contributed by atoms with Gasteiger partial charge in [0.2, 0.25) is 0 Å². The normalized spacial score (nSPS) is 11.0. The quantitative estimate of drug-likeness (QED) is 0.257. The number of Topliss-reactive ketones (excluding diaryl/α,β-unsaturated/α-hetero) is 1. The molecule has 0 saturated carbocycles. The molecule has 4 rings (SSSR count).